The summed E-state index contributed by atoms with van der Waals surface area (Å²) < 4.78 is 0. The van der Waals surface area contributed by atoms with E-state index in [-0.39, 0.29) is 23.1 Å². The second-order valence-corrected chi connectivity index (χ2v) is 4.91. The first-order valence-corrected chi connectivity index (χ1v) is 5.90. The minimum Gasteiger partial charge on any atom is -0.507 e. The Kier molecular flexibility index (Phi) is 4.11. The number of carboxylic acid groups (broad SMARTS) is 1. The summed E-state index contributed by atoms with van der Waals surface area (Å²) in [5.74, 6) is -2.82. The third kappa shape index (κ3) is 2.53. The van der Waals surface area contributed by atoms with Crippen LogP contribution in [0.4, 0.5) is 0 Å². The zero-order valence-corrected chi connectivity index (χ0v) is 11.0. The van der Waals surface area contributed by atoms with Crippen LogP contribution in [0.15, 0.2) is 12.1 Å². The topological polar surface area (TPSA) is 74.6 Å². The molecule has 2 N–H and O–H groups in total. The van der Waals surface area contributed by atoms with Crippen molar-refractivity contribution in [3.63, 3.8) is 0 Å². The van der Waals surface area contributed by atoms with Gasteiger partial charge in [0.15, 0.2) is 0 Å². The molecule has 0 spiro atoms. The maximum Gasteiger partial charge on any atom is 0.377 e. The third-order valence-electron chi connectivity index (χ3n) is 2.91. The second kappa shape index (κ2) is 5.21. The summed E-state index contributed by atoms with van der Waals surface area (Å²) in [6.07, 6.45) is 0. The van der Waals surface area contributed by atoms with E-state index in [0.717, 1.165) is 0 Å². The van der Waals surface area contributed by atoms with Crippen molar-refractivity contribution < 1.29 is 19.8 Å². The normalized spacial score (nSPS) is 11.0. The van der Waals surface area contributed by atoms with E-state index in [4.69, 9.17) is 5.11 Å². The smallest absolute Gasteiger partial charge is 0.377 e. The van der Waals surface area contributed by atoms with Gasteiger partial charge in [0.05, 0.1) is 5.56 Å². The number of carbonyl (C=O) groups is 2. The number of ketones is 1. The fourth-order valence-corrected chi connectivity index (χ4v) is 1.92. The van der Waals surface area contributed by atoms with Crippen LogP contribution in [0.1, 0.15) is 61.0 Å². The van der Waals surface area contributed by atoms with Crippen LogP contribution in [0, 0.1) is 0 Å². The Morgan fingerprint density at radius 1 is 1.00 bits per heavy atom. The molecule has 18 heavy (non-hydrogen) atoms. The summed E-state index contributed by atoms with van der Waals surface area (Å²) in [5, 5.41) is 19.0. The molecule has 0 atom stereocenters. The van der Waals surface area contributed by atoms with E-state index in [2.05, 4.69) is 0 Å². The number of aromatic hydroxyl groups is 1. The first-order chi connectivity index (χ1) is 8.27. The van der Waals surface area contributed by atoms with Gasteiger partial charge in [-0.2, -0.15) is 0 Å². The summed E-state index contributed by atoms with van der Waals surface area (Å²) >= 11 is 0. The number of phenolic OH excluding ortho intramolecular Hbond substituents is 1. The van der Waals surface area contributed by atoms with E-state index in [1.54, 1.807) is 12.1 Å². The Balaban J connectivity index is 3.55. The van der Waals surface area contributed by atoms with Crippen molar-refractivity contribution in [2.24, 2.45) is 0 Å². The van der Waals surface area contributed by atoms with Crippen LogP contribution < -0.4 is 0 Å². The van der Waals surface area contributed by atoms with E-state index < -0.39 is 11.8 Å². The molecular formula is C14H18O4. The Morgan fingerprint density at radius 2 is 1.44 bits per heavy atom. The molecule has 0 aliphatic heterocycles. The lowest BCUT2D eigenvalue weighted by molar-refractivity contribution is -0.131. The molecule has 4 nitrogen and oxygen atoms in total. The van der Waals surface area contributed by atoms with Gasteiger partial charge in [-0.1, -0.05) is 39.8 Å². The number of benzene rings is 1. The van der Waals surface area contributed by atoms with Gasteiger partial charge >= 0.3 is 5.97 Å². The molecule has 0 heterocycles. The first kappa shape index (κ1) is 14.2. The lowest BCUT2D eigenvalue weighted by atomic mass is 9.89. The van der Waals surface area contributed by atoms with Crippen molar-refractivity contribution in [3.8, 4) is 5.75 Å². The Bertz CT molecular complexity index is 487. The van der Waals surface area contributed by atoms with Gasteiger partial charge in [-0.15, -0.1) is 0 Å². The zero-order chi connectivity index (χ0) is 14.0. The molecule has 98 valence electrons. The minimum atomic E-state index is -1.55. The van der Waals surface area contributed by atoms with E-state index in [0.29, 0.717) is 11.1 Å². The Labute approximate surface area is 106 Å². The molecular weight excluding hydrogens is 232 g/mol. The van der Waals surface area contributed by atoms with E-state index in [1.165, 1.54) is 0 Å². The number of carboxylic acids is 1. The van der Waals surface area contributed by atoms with Crippen molar-refractivity contribution >= 4 is 11.8 Å². The van der Waals surface area contributed by atoms with Crippen LogP contribution in [-0.2, 0) is 4.79 Å². The van der Waals surface area contributed by atoms with Crippen molar-refractivity contribution in [2.75, 3.05) is 0 Å². The molecule has 0 saturated carbocycles. The molecule has 0 bridgehead atoms. The summed E-state index contributed by atoms with van der Waals surface area (Å²) in [5.41, 5.74) is 1.07. The molecule has 0 aliphatic rings. The molecule has 0 saturated heterocycles. The minimum absolute atomic E-state index is 0.0200. The molecule has 0 aliphatic carbocycles. The average molecular weight is 250 g/mol. The van der Waals surface area contributed by atoms with Gasteiger partial charge in [-0.3, -0.25) is 4.79 Å². The monoisotopic (exact) mass is 250 g/mol. The second-order valence-electron chi connectivity index (χ2n) is 4.91. The molecule has 1 rings (SSSR count). The standard InChI is InChI=1S/C14H18O4/c1-7(2)9-5-6-10(8(3)4)12(15)11(9)13(16)14(17)18/h5-8,15H,1-4H3,(H,17,18). The van der Waals surface area contributed by atoms with Crippen LogP contribution in [-0.4, -0.2) is 22.0 Å². The number of rotatable bonds is 4. The number of aliphatic carboxylic acids is 1. The number of hydrogen-bond donors (Lipinski definition) is 2. The Morgan fingerprint density at radius 3 is 1.83 bits per heavy atom. The quantitative estimate of drug-likeness (QED) is 0.636. The van der Waals surface area contributed by atoms with Gasteiger partial charge in [-0.25, -0.2) is 4.79 Å². The number of Topliss-reactive ketones (excluding diaryl/α,β-unsaturated/α-hetero) is 1. The maximum atomic E-state index is 11.7. The number of carbonyl (C=O) groups excluding carboxylic acids is 1. The molecule has 0 radical (unpaired) electrons. The first-order valence-electron chi connectivity index (χ1n) is 5.90. The van der Waals surface area contributed by atoms with Gasteiger partial charge in [0.1, 0.15) is 5.75 Å². The zero-order valence-electron chi connectivity index (χ0n) is 11.0. The van der Waals surface area contributed by atoms with Crippen molar-refractivity contribution in [1.82, 2.24) is 0 Å². The van der Waals surface area contributed by atoms with Gasteiger partial charge in [0.25, 0.3) is 5.78 Å². The largest absolute Gasteiger partial charge is 0.507 e. The lowest BCUT2D eigenvalue weighted by Gasteiger charge is -2.16. The van der Waals surface area contributed by atoms with E-state index in [1.807, 2.05) is 27.7 Å². The molecule has 0 amide bonds. The van der Waals surface area contributed by atoms with Gasteiger partial charge in [0, 0.05) is 0 Å². The molecule has 1 aromatic carbocycles. The van der Waals surface area contributed by atoms with E-state index in [9.17, 15) is 14.7 Å². The highest BCUT2D eigenvalue weighted by molar-refractivity contribution is 6.41. The highest BCUT2D eigenvalue weighted by Crippen LogP contribution is 2.34. The van der Waals surface area contributed by atoms with Crippen LogP contribution in [0.2, 0.25) is 0 Å². The molecule has 1 aromatic rings. The van der Waals surface area contributed by atoms with Crippen molar-refractivity contribution in [3.05, 3.63) is 28.8 Å². The summed E-state index contributed by atoms with van der Waals surface area (Å²) in [6.45, 7) is 7.45. The Hall–Kier alpha value is -1.84. The number of phenols is 1. The lowest BCUT2D eigenvalue weighted by Crippen LogP contribution is -2.16. The fourth-order valence-electron chi connectivity index (χ4n) is 1.92. The molecule has 4 heteroatoms. The summed E-state index contributed by atoms with van der Waals surface area (Å²) in [7, 11) is 0. The van der Waals surface area contributed by atoms with Gasteiger partial charge in [-0.05, 0) is 23.0 Å². The predicted octanol–water partition coefficient (Wildman–Crippen LogP) is 2.91. The fraction of sp³-hybridized carbons (Fsp3) is 0.429. The van der Waals surface area contributed by atoms with Crippen LogP contribution >= 0.6 is 0 Å². The maximum absolute atomic E-state index is 11.7. The third-order valence-corrected chi connectivity index (χ3v) is 2.91. The van der Waals surface area contributed by atoms with Crippen molar-refractivity contribution in [1.29, 1.82) is 0 Å². The number of hydrogen-bond acceptors (Lipinski definition) is 3. The SMILES string of the molecule is CC(C)c1ccc(C(C)C)c(C(=O)C(=O)O)c1O. The average Bonchev–Trinajstić information content (AvgIpc) is 2.26. The van der Waals surface area contributed by atoms with E-state index >= 15 is 0 Å². The summed E-state index contributed by atoms with van der Waals surface area (Å²) in [4.78, 5) is 22.6. The highest BCUT2D eigenvalue weighted by atomic mass is 16.4. The van der Waals surface area contributed by atoms with Crippen LogP contribution in [0.25, 0.3) is 0 Å². The molecule has 0 fully saturated rings. The van der Waals surface area contributed by atoms with Gasteiger partial charge < -0.3 is 10.2 Å². The predicted molar refractivity (Wildman–Crippen MR) is 68.3 cm³/mol. The molecule has 0 aromatic heterocycles. The summed E-state index contributed by atoms with van der Waals surface area (Å²) in [6, 6.07) is 3.46. The van der Waals surface area contributed by atoms with Crippen molar-refractivity contribution in [2.45, 2.75) is 39.5 Å². The van der Waals surface area contributed by atoms with Crippen LogP contribution in [0.3, 0.4) is 0 Å². The molecule has 0 unspecified atom stereocenters. The van der Waals surface area contributed by atoms with Crippen LogP contribution in [0.5, 0.6) is 5.75 Å². The highest BCUT2D eigenvalue weighted by Gasteiger charge is 2.26. The van der Waals surface area contributed by atoms with Gasteiger partial charge in [0.2, 0.25) is 0 Å².